The van der Waals surface area contributed by atoms with Crippen molar-refractivity contribution in [2.45, 2.75) is 39.5 Å². The molecule has 0 amide bonds. The first-order valence-corrected chi connectivity index (χ1v) is 6.31. The van der Waals surface area contributed by atoms with E-state index < -0.39 is 0 Å². The smallest absolute Gasteiger partial charge is 0.305 e. The highest BCUT2D eigenvalue weighted by molar-refractivity contribution is 7.11. The summed E-state index contributed by atoms with van der Waals surface area (Å²) in [6, 6.07) is 4.33. The van der Waals surface area contributed by atoms with Crippen LogP contribution in [0.15, 0.2) is 12.1 Å². The number of thiophene rings is 1. The molecule has 1 aromatic heterocycles. The van der Waals surface area contributed by atoms with Gasteiger partial charge in [-0.15, -0.1) is 11.3 Å². The van der Waals surface area contributed by atoms with Crippen LogP contribution in [0.3, 0.4) is 0 Å². The number of rotatable bonds is 6. The predicted molar refractivity (Wildman–Crippen MR) is 63.3 cm³/mol. The monoisotopic (exact) mass is 226 g/mol. The quantitative estimate of drug-likeness (QED) is 0.696. The van der Waals surface area contributed by atoms with Crippen molar-refractivity contribution in [3.63, 3.8) is 0 Å². The lowest BCUT2D eigenvalue weighted by molar-refractivity contribution is -0.143. The zero-order valence-electron chi connectivity index (χ0n) is 9.41. The van der Waals surface area contributed by atoms with Gasteiger partial charge in [-0.25, -0.2) is 0 Å². The van der Waals surface area contributed by atoms with Crippen molar-refractivity contribution in [3.8, 4) is 0 Å². The van der Waals surface area contributed by atoms with Gasteiger partial charge in [0.2, 0.25) is 0 Å². The first-order chi connectivity index (χ1) is 7.26. The van der Waals surface area contributed by atoms with E-state index in [4.69, 9.17) is 4.74 Å². The van der Waals surface area contributed by atoms with Crippen LogP contribution < -0.4 is 0 Å². The van der Waals surface area contributed by atoms with Crippen LogP contribution in [0.2, 0.25) is 0 Å². The largest absolute Gasteiger partial charge is 0.466 e. The SMILES string of the molecule is CCOC(=O)CCCc1ccc(CC)s1. The molecule has 15 heavy (non-hydrogen) atoms. The molecule has 2 nitrogen and oxygen atoms in total. The Labute approximate surface area is 95.3 Å². The van der Waals surface area contributed by atoms with Crippen LogP contribution in [-0.4, -0.2) is 12.6 Å². The Morgan fingerprint density at radius 1 is 1.33 bits per heavy atom. The van der Waals surface area contributed by atoms with Gasteiger partial charge in [0.25, 0.3) is 0 Å². The number of hydrogen-bond donors (Lipinski definition) is 0. The Bertz CT molecular complexity index is 304. The van der Waals surface area contributed by atoms with Gasteiger partial charge in [-0.1, -0.05) is 6.92 Å². The first kappa shape index (κ1) is 12.2. The van der Waals surface area contributed by atoms with E-state index in [0.29, 0.717) is 13.0 Å². The van der Waals surface area contributed by atoms with Crippen molar-refractivity contribution >= 4 is 17.3 Å². The number of carbonyl (C=O) groups excluding carboxylic acids is 1. The second-order valence-corrected chi connectivity index (χ2v) is 4.63. The lowest BCUT2D eigenvalue weighted by atomic mass is 10.2. The highest BCUT2D eigenvalue weighted by Crippen LogP contribution is 2.18. The van der Waals surface area contributed by atoms with Crippen LogP contribution in [0, 0.1) is 0 Å². The van der Waals surface area contributed by atoms with Crippen molar-refractivity contribution < 1.29 is 9.53 Å². The van der Waals surface area contributed by atoms with Gasteiger partial charge in [0.05, 0.1) is 6.61 Å². The van der Waals surface area contributed by atoms with E-state index >= 15 is 0 Å². The maximum atomic E-state index is 11.1. The number of carbonyl (C=O) groups is 1. The van der Waals surface area contributed by atoms with Crippen LogP contribution in [0.1, 0.15) is 36.4 Å². The average molecular weight is 226 g/mol. The van der Waals surface area contributed by atoms with Crippen molar-refractivity contribution in [2.24, 2.45) is 0 Å². The summed E-state index contributed by atoms with van der Waals surface area (Å²) in [4.78, 5) is 13.9. The summed E-state index contributed by atoms with van der Waals surface area (Å²) in [5.41, 5.74) is 0. The molecule has 0 saturated heterocycles. The second-order valence-electron chi connectivity index (χ2n) is 3.38. The van der Waals surface area contributed by atoms with Gasteiger partial charge >= 0.3 is 5.97 Å². The maximum Gasteiger partial charge on any atom is 0.305 e. The fraction of sp³-hybridized carbons (Fsp3) is 0.583. The Kier molecular flexibility index (Phi) is 5.40. The minimum absolute atomic E-state index is 0.0789. The fourth-order valence-corrected chi connectivity index (χ4v) is 2.39. The van der Waals surface area contributed by atoms with Crippen LogP contribution in [-0.2, 0) is 22.4 Å². The zero-order chi connectivity index (χ0) is 11.1. The first-order valence-electron chi connectivity index (χ1n) is 5.49. The van der Waals surface area contributed by atoms with Gasteiger partial charge in [-0.2, -0.15) is 0 Å². The summed E-state index contributed by atoms with van der Waals surface area (Å²) in [6.45, 7) is 4.48. The van der Waals surface area contributed by atoms with Gasteiger partial charge in [0.1, 0.15) is 0 Å². The molecular formula is C12H18O2S. The van der Waals surface area contributed by atoms with E-state index in [1.165, 1.54) is 9.75 Å². The molecular weight excluding hydrogens is 208 g/mol. The third-order valence-electron chi connectivity index (χ3n) is 2.18. The fourth-order valence-electron chi connectivity index (χ4n) is 1.39. The molecule has 0 fully saturated rings. The molecule has 0 spiro atoms. The summed E-state index contributed by atoms with van der Waals surface area (Å²) in [5, 5.41) is 0. The van der Waals surface area contributed by atoms with Crippen LogP contribution in [0.5, 0.6) is 0 Å². The van der Waals surface area contributed by atoms with Crippen molar-refractivity contribution in [3.05, 3.63) is 21.9 Å². The third kappa shape index (κ3) is 4.47. The van der Waals surface area contributed by atoms with Gasteiger partial charge in [0, 0.05) is 16.2 Å². The van der Waals surface area contributed by atoms with E-state index in [1.807, 2.05) is 18.3 Å². The van der Waals surface area contributed by atoms with Crippen molar-refractivity contribution in [1.29, 1.82) is 0 Å². The van der Waals surface area contributed by atoms with Gasteiger partial charge in [-0.05, 0) is 38.3 Å². The number of esters is 1. The van der Waals surface area contributed by atoms with Gasteiger partial charge in [-0.3, -0.25) is 4.79 Å². The molecule has 84 valence electrons. The van der Waals surface area contributed by atoms with E-state index in [2.05, 4.69) is 19.1 Å². The van der Waals surface area contributed by atoms with Crippen molar-refractivity contribution in [1.82, 2.24) is 0 Å². The molecule has 0 aliphatic heterocycles. The summed E-state index contributed by atoms with van der Waals surface area (Å²) in [6.07, 6.45) is 3.52. The predicted octanol–water partition coefficient (Wildman–Crippen LogP) is 3.20. The normalized spacial score (nSPS) is 10.3. The number of ether oxygens (including phenoxy) is 1. The molecule has 1 aromatic rings. The molecule has 0 atom stereocenters. The van der Waals surface area contributed by atoms with Gasteiger partial charge < -0.3 is 4.74 Å². The highest BCUT2D eigenvalue weighted by atomic mass is 32.1. The van der Waals surface area contributed by atoms with E-state index in [1.54, 1.807) is 0 Å². The molecule has 0 aromatic carbocycles. The summed E-state index contributed by atoms with van der Waals surface area (Å²) < 4.78 is 4.87. The maximum absolute atomic E-state index is 11.1. The average Bonchev–Trinajstić information content (AvgIpc) is 2.66. The summed E-state index contributed by atoms with van der Waals surface area (Å²) in [7, 11) is 0. The van der Waals surface area contributed by atoms with E-state index in [9.17, 15) is 4.79 Å². The number of aryl methyl sites for hydroxylation is 2. The molecule has 0 aliphatic rings. The lowest BCUT2D eigenvalue weighted by Crippen LogP contribution is -2.03. The number of hydrogen-bond acceptors (Lipinski definition) is 3. The lowest BCUT2D eigenvalue weighted by Gasteiger charge is -2.00. The molecule has 1 heterocycles. The Morgan fingerprint density at radius 3 is 2.67 bits per heavy atom. The molecule has 0 radical (unpaired) electrons. The molecule has 0 aliphatic carbocycles. The Hall–Kier alpha value is -0.830. The molecule has 0 N–H and O–H groups in total. The van der Waals surface area contributed by atoms with Crippen molar-refractivity contribution in [2.75, 3.05) is 6.61 Å². The summed E-state index contributed by atoms with van der Waals surface area (Å²) in [5.74, 6) is -0.0789. The molecule has 0 unspecified atom stereocenters. The van der Waals surface area contributed by atoms with E-state index in [0.717, 1.165) is 19.3 Å². The van der Waals surface area contributed by atoms with E-state index in [-0.39, 0.29) is 5.97 Å². The summed E-state index contributed by atoms with van der Waals surface area (Å²) >= 11 is 1.85. The van der Waals surface area contributed by atoms with Gasteiger partial charge in [0.15, 0.2) is 0 Å². The topological polar surface area (TPSA) is 26.3 Å². The molecule has 0 saturated carbocycles. The third-order valence-corrected chi connectivity index (χ3v) is 3.46. The Balaban J connectivity index is 2.22. The molecule has 3 heteroatoms. The van der Waals surface area contributed by atoms with Crippen LogP contribution in [0.4, 0.5) is 0 Å². The second kappa shape index (κ2) is 6.62. The Morgan fingerprint density at radius 2 is 2.07 bits per heavy atom. The minimum Gasteiger partial charge on any atom is -0.466 e. The standard InChI is InChI=1S/C12H18O2S/c1-3-10-8-9-11(15-10)6-5-7-12(13)14-4-2/h8-9H,3-7H2,1-2H3. The minimum atomic E-state index is -0.0789. The zero-order valence-corrected chi connectivity index (χ0v) is 10.2. The highest BCUT2D eigenvalue weighted by Gasteiger charge is 2.03. The molecule has 1 rings (SSSR count). The molecule has 0 bridgehead atoms. The van der Waals surface area contributed by atoms with Crippen LogP contribution in [0.25, 0.3) is 0 Å². The van der Waals surface area contributed by atoms with Crippen LogP contribution >= 0.6 is 11.3 Å².